The first kappa shape index (κ1) is 18.5. The number of thiophene rings is 1. The van der Waals surface area contributed by atoms with E-state index in [1.807, 2.05) is 0 Å². The minimum atomic E-state index is -3.94. The van der Waals surface area contributed by atoms with Gasteiger partial charge in [0.25, 0.3) is 10.0 Å². The zero-order valence-electron chi connectivity index (χ0n) is 14.3. The molecule has 3 heterocycles. The quantitative estimate of drug-likeness (QED) is 0.502. The van der Waals surface area contributed by atoms with Crippen molar-refractivity contribution >= 4 is 38.2 Å². The minimum absolute atomic E-state index is 0.0971. The topological polar surface area (TPSA) is 89.5 Å². The van der Waals surface area contributed by atoms with Crippen molar-refractivity contribution in [3.63, 3.8) is 0 Å². The largest absolute Gasteiger partial charge is 0.481 e. The van der Waals surface area contributed by atoms with Gasteiger partial charge < -0.3 is 9.52 Å². The first-order valence-electron chi connectivity index (χ1n) is 8.27. The van der Waals surface area contributed by atoms with E-state index < -0.39 is 21.8 Å². The second-order valence-corrected chi connectivity index (χ2v) is 9.23. The number of rotatable bonds is 6. The summed E-state index contributed by atoms with van der Waals surface area (Å²) in [5, 5.41) is 9.32. The van der Waals surface area contributed by atoms with Crippen LogP contribution in [0.2, 0.25) is 0 Å². The van der Waals surface area contributed by atoms with Crippen molar-refractivity contribution in [2.45, 2.75) is 17.1 Å². The Balaban J connectivity index is 1.82. The van der Waals surface area contributed by atoms with E-state index in [0.717, 1.165) is 15.3 Å². The number of carboxylic acids is 1. The van der Waals surface area contributed by atoms with Crippen LogP contribution in [0.3, 0.4) is 0 Å². The first-order chi connectivity index (χ1) is 13.4. The zero-order valence-corrected chi connectivity index (χ0v) is 16.0. The molecule has 0 aliphatic carbocycles. The van der Waals surface area contributed by atoms with Crippen LogP contribution in [0.1, 0.15) is 12.0 Å². The Morgan fingerprint density at radius 3 is 2.75 bits per heavy atom. The summed E-state index contributed by atoms with van der Waals surface area (Å²) >= 11 is 1.06. The molecule has 0 bridgehead atoms. The van der Waals surface area contributed by atoms with Crippen molar-refractivity contribution in [2.75, 3.05) is 0 Å². The fraction of sp³-hybridized carbons (Fsp3) is 0.105. The molecule has 1 aromatic carbocycles. The molecule has 0 amide bonds. The molecule has 0 aliphatic rings. The molecule has 4 aromatic rings. The Bertz CT molecular complexity index is 1270. The number of aromatic nitrogens is 1. The van der Waals surface area contributed by atoms with Crippen LogP contribution in [0.5, 0.6) is 0 Å². The van der Waals surface area contributed by atoms with Crippen LogP contribution in [0, 0.1) is 5.82 Å². The van der Waals surface area contributed by atoms with E-state index in [4.69, 9.17) is 9.52 Å². The molecule has 9 heteroatoms. The van der Waals surface area contributed by atoms with Gasteiger partial charge in [0.1, 0.15) is 15.8 Å². The van der Waals surface area contributed by atoms with Gasteiger partial charge in [-0.3, -0.25) is 4.79 Å². The average Bonchev–Trinajstić information content (AvgIpc) is 3.38. The smallest absolute Gasteiger partial charge is 0.303 e. The van der Waals surface area contributed by atoms with Crippen molar-refractivity contribution in [2.24, 2.45) is 0 Å². The molecule has 4 rings (SSSR count). The van der Waals surface area contributed by atoms with Crippen LogP contribution in [-0.4, -0.2) is 23.5 Å². The van der Waals surface area contributed by atoms with Crippen molar-refractivity contribution in [1.82, 2.24) is 3.97 Å². The van der Waals surface area contributed by atoms with E-state index in [2.05, 4.69) is 0 Å². The van der Waals surface area contributed by atoms with Crippen molar-refractivity contribution < 1.29 is 27.1 Å². The van der Waals surface area contributed by atoms with E-state index in [0.29, 0.717) is 27.1 Å². The molecular formula is C19H14FNO5S2. The van der Waals surface area contributed by atoms with Crippen LogP contribution in [-0.2, 0) is 21.2 Å². The van der Waals surface area contributed by atoms with Crippen molar-refractivity contribution in [3.8, 4) is 10.6 Å². The van der Waals surface area contributed by atoms with E-state index >= 15 is 0 Å². The maximum atomic E-state index is 13.7. The lowest BCUT2D eigenvalue weighted by Crippen LogP contribution is -2.10. The highest BCUT2D eigenvalue weighted by molar-refractivity contribution is 7.92. The van der Waals surface area contributed by atoms with E-state index in [1.54, 1.807) is 18.2 Å². The summed E-state index contributed by atoms with van der Waals surface area (Å²) in [5.41, 5.74) is 0.762. The SMILES string of the molecule is O=C(O)CCc1cn(S(=O)(=O)c2ccc(-c3ccco3)s2)c2ccc(F)cc12. The summed E-state index contributed by atoms with van der Waals surface area (Å²) < 4.78 is 46.6. The fourth-order valence-corrected chi connectivity index (χ4v) is 5.74. The van der Waals surface area contributed by atoms with Gasteiger partial charge in [-0.2, -0.15) is 8.42 Å². The molecule has 3 aromatic heterocycles. The third-order valence-electron chi connectivity index (χ3n) is 4.28. The number of fused-ring (bicyclic) bond motifs is 1. The van der Waals surface area contributed by atoms with E-state index in [9.17, 15) is 17.6 Å². The Morgan fingerprint density at radius 2 is 2.04 bits per heavy atom. The second-order valence-electron chi connectivity index (χ2n) is 6.11. The van der Waals surface area contributed by atoms with Gasteiger partial charge >= 0.3 is 5.97 Å². The normalized spacial score (nSPS) is 11.9. The van der Waals surface area contributed by atoms with Crippen molar-refractivity contribution in [1.29, 1.82) is 0 Å². The van der Waals surface area contributed by atoms with E-state index in [1.165, 1.54) is 36.7 Å². The lowest BCUT2D eigenvalue weighted by atomic mass is 10.1. The van der Waals surface area contributed by atoms with Gasteiger partial charge in [-0.15, -0.1) is 11.3 Å². The Hall–Kier alpha value is -2.91. The monoisotopic (exact) mass is 419 g/mol. The average molecular weight is 419 g/mol. The zero-order chi connectivity index (χ0) is 19.9. The van der Waals surface area contributed by atoms with Crippen LogP contribution < -0.4 is 0 Å². The third-order valence-corrected chi connectivity index (χ3v) is 7.52. The summed E-state index contributed by atoms with van der Waals surface area (Å²) in [6.45, 7) is 0. The van der Waals surface area contributed by atoms with Gasteiger partial charge in [0.2, 0.25) is 0 Å². The lowest BCUT2D eigenvalue weighted by Gasteiger charge is -2.05. The molecule has 28 heavy (non-hydrogen) atoms. The van der Waals surface area contributed by atoms with Gasteiger partial charge in [0, 0.05) is 18.0 Å². The number of carboxylic acid groups (broad SMARTS) is 1. The Labute approximate surface area is 163 Å². The summed E-state index contributed by atoms with van der Waals surface area (Å²) in [5.74, 6) is -0.968. The Morgan fingerprint density at radius 1 is 1.21 bits per heavy atom. The number of hydrogen-bond acceptors (Lipinski definition) is 5. The Kier molecular flexibility index (Phi) is 4.56. The molecule has 6 nitrogen and oxygen atoms in total. The summed E-state index contributed by atoms with van der Waals surface area (Å²) in [6.07, 6.45) is 2.79. The lowest BCUT2D eigenvalue weighted by molar-refractivity contribution is -0.136. The number of carbonyl (C=O) groups is 1. The number of hydrogen-bond donors (Lipinski definition) is 1. The predicted octanol–water partition coefficient (Wildman–Crippen LogP) is 4.36. The highest BCUT2D eigenvalue weighted by Gasteiger charge is 2.24. The minimum Gasteiger partial charge on any atom is -0.481 e. The molecule has 0 radical (unpaired) electrons. The van der Waals surface area contributed by atoms with Gasteiger partial charge in [0.05, 0.1) is 16.7 Å². The molecule has 144 valence electrons. The number of nitrogens with zero attached hydrogens (tertiary/aromatic N) is 1. The highest BCUT2D eigenvalue weighted by atomic mass is 32.2. The molecular weight excluding hydrogens is 405 g/mol. The number of furan rings is 1. The van der Waals surface area contributed by atoms with Gasteiger partial charge in [-0.05, 0) is 54.4 Å². The van der Waals surface area contributed by atoms with Crippen LogP contribution in [0.15, 0.2) is 63.6 Å². The molecule has 0 spiro atoms. The van der Waals surface area contributed by atoms with Crippen molar-refractivity contribution in [3.05, 3.63) is 66.3 Å². The second kappa shape index (κ2) is 6.92. The van der Waals surface area contributed by atoms with Gasteiger partial charge in [-0.1, -0.05) is 0 Å². The first-order valence-corrected chi connectivity index (χ1v) is 10.5. The van der Waals surface area contributed by atoms with Crippen LogP contribution in [0.25, 0.3) is 21.5 Å². The number of aliphatic carboxylic acids is 1. The van der Waals surface area contributed by atoms with Crippen LogP contribution in [0.4, 0.5) is 4.39 Å². The molecule has 0 unspecified atom stereocenters. The summed E-state index contributed by atoms with van der Waals surface area (Å²) in [7, 11) is -3.94. The number of benzene rings is 1. The summed E-state index contributed by atoms with van der Waals surface area (Å²) in [4.78, 5) is 11.6. The standard InChI is InChI=1S/C19H14FNO5S2/c20-13-4-5-15-14(10-13)12(3-7-18(22)23)11-21(15)28(24,25)19-8-6-17(27-19)16-2-1-9-26-16/h1-2,4-6,8-11H,3,7H2,(H,22,23). The molecule has 0 fully saturated rings. The van der Waals surface area contributed by atoms with Gasteiger partial charge in [-0.25, -0.2) is 8.36 Å². The molecule has 0 aliphatic heterocycles. The third kappa shape index (κ3) is 3.23. The molecule has 1 N–H and O–H groups in total. The summed E-state index contributed by atoms with van der Waals surface area (Å²) in [6, 6.07) is 10.4. The van der Waals surface area contributed by atoms with Crippen LogP contribution >= 0.6 is 11.3 Å². The number of aryl methyl sites for hydroxylation is 1. The van der Waals surface area contributed by atoms with E-state index in [-0.39, 0.29) is 17.1 Å². The number of halogens is 1. The highest BCUT2D eigenvalue weighted by Crippen LogP contribution is 2.34. The predicted molar refractivity (Wildman–Crippen MR) is 102 cm³/mol. The maximum absolute atomic E-state index is 13.7. The maximum Gasteiger partial charge on any atom is 0.303 e. The van der Waals surface area contributed by atoms with Gasteiger partial charge in [0.15, 0.2) is 0 Å². The fourth-order valence-electron chi connectivity index (χ4n) is 2.98. The molecule has 0 saturated heterocycles. The molecule has 0 atom stereocenters. The molecule has 0 saturated carbocycles.